The van der Waals surface area contributed by atoms with Crippen LogP contribution in [0, 0.1) is 0 Å². The summed E-state index contributed by atoms with van der Waals surface area (Å²) in [7, 11) is 1.37. The number of benzene rings is 1. The summed E-state index contributed by atoms with van der Waals surface area (Å²) in [6, 6.07) is 4.12. The smallest absolute Gasteiger partial charge is 0.229 e. The molecule has 0 radical (unpaired) electrons. The molecule has 8 heteroatoms. The van der Waals surface area contributed by atoms with Crippen LogP contribution in [0.25, 0.3) is 0 Å². The minimum absolute atomic E-state index is 0.0846. The summed E-state index contributed by atoms with van der Waals surface area (Å²) in [6.07, 6.45) is -6.79. The highest BCUT2D eigenvalue weighted by molar-refractivity contribution is 5.44. The molecule has 8 nitrogen and oxygen atoms in total. The van der Waals surface area contributed by atoms with E-state index in [0.717, 1.165) is 0 Å². The Balaban J connectivity index is 2.14. The van der Waals surface area contributed by atoms with Crippen molar-refractivity contribution in [2.75, 3.05) is 13.7 Å². The molecule has 21 heavy (non-hydrogen) atoms. The van der Waals surface area contributed by atoms with Gasteiger partial charge in [0.25, 0.3) is 0 Å². The molecule has 5 N–H and O–H groups in total. The predicted molar refractivity (Wildman–Crippen MR) is 69.1 cm³/mol. The lowest BCUT2D eigenvalue weighted by atomic mass is 9.99. The van der Waals surface area contributed by atoms with E-state index in [0.29, 0.717) is 0 Å². The van der Waals surface area contributed by atoms with E-state index in [-0.39, 0.29) is 17.2 Å². The molecular weight excluding hydrogens is 284 g/mol. The van der Waals surface area contributed by atoms with Gasteiger partial charge in [-0.1, -0.05) is 0 Å². The number of hydrogen-bond acceptors (Lipinski definition) is 8. The van der Waals surface area contributed by atoms with Crippen LogP contribution in [0.4, 0.5) is 0 Å². The Kier molecular flexibility index (Phi) is 4.86. The molecule has 1 aliphatic heterocycles. The lowest BCUT2D eigenvalue weighted by molar-refractivity contribution is -0.277. The number of aromatic hydroxyl groups is 1. The standard InChI is InChI=1S/C13H18O8/c1-19-8-4-6(2-3-7(8)15)20-13-12(18)11(17)10(16)9(5-14)21-13/h2-4,9-18H,5H2,1H3/t9-,10+,11+,12+,13-/m1/s1. The molecule has 0 spiro atoms. The molecule has 1 aromatic rings. The van der Waals surface area contributed by atoms with Crippen molar-refractivity contribution in [2.45, 2.75) is 30.7 Å². The van der Waals surface area contributed by atoms with Crippen molar-refractivity contribution in [2.24, 2.45) is 0 Å². The quantitative estimate of drug-likeness (QED) is 0.458. The molecule has 1 aliphatic rings. The van der Waals surface area contributed by atoms with Crippen molar-refractivity contribution in [1.29, 1.82) is 0 Å². The van der Waals surface area contributed by atoms with Gasteiger partial charge in [-0.3, -0.25) is 0 Å². The van der Waals surface area contributed by atoms with Crippen LogP contribution in [0.5, 0.6) is 17.2 Å². The fraction of sp³-hybridized carbons (Fsp3) is 0.538. The summed E-state index contributed by atoms with van der Waals surface area (Å²) in [5.41, 5.74) is 0. The minimum atomic E-state index is -1.51. The van der Waals surface area contributed by atoms with Crippen molar-refractivity contribution in [3.8, 4) is 17.2 Å². The topological polar surface area (TPSA) is 129 Å². The molecule has 118 valence electrons. The van der Waals surface area contributed by atoms with Crippen LogP contribution < -0.4 is 9.47 Å². The van der Waals surface area contributed by atoms with Gasteiger partial charge >= 0.3 is 0 Å². The first-order chi connectivity index (χ1) is 9.97. The maximum Gasteiger partial charge on any atom is 0.229 e. The summed E-state index contributed by atoms with van der Waals surface area (Å²) in [6.45, 7) is -0.538. The van der Waals surface area contributed by atoms with E-state index in [2.05, 4.69) is 0 Å². The summed E-state index contributed by atoms with van der Waals surface area (Å²) in [5.74, 6) is 0.296. The van der Waals surface area contributed by atoms with E-state index in [1.807, 2.05) is 0 Å². The van der Waals surface area contributed by atoms with Crippen LogP contribution in [-0.2, 0) is 4.74 Å². The van der Waals surface area contributed by atoms with E-state index in [1.54, 1.807) is 0 Å². The van der Waals surface area contributed by atoms with Crippen molar-refractivity contribution >= 4 is 0 Å². The van der Waals surface area contributed by atoms with Gasteiger partial charge in [0.15, 0.2) is 11.5 Å². The van der Waals surface area contributed by atoms with Gasteiger partial charge in [-0.25, -0.2) is 0 Å². The van der Waals surface area contributed by atoms with Gasteiger partial charge in [0.2, 0.25) is 6.29 Å². The summed E-state index contributed by atoms with van der Waals surface area (Å²) >= 11 is 0. The SMILES string of the molecule is COc1cc(O[C@@H]2O[C@H](CO)[C@H](O)[C@H](O)[C@@H]2O)ccc1O. The number of rotatable bonds is 4. The third kappa shape index (κ3) is 3.20. The monoisotopic (exact) mass is 302 g/mol. The Morgan fingerprint density at radius 2 is 1.86 bits per heavy atom. The Morgan fingerprint density at radius 1 is 1.14 bits per heavy atom. The maximum atomic E-state index is 9.84. The summed E-state index contributed by atoms with van der Waals surface area (Å²) in [5, 5.41) is 47.7. The fourth-order valence-corrected chi connectivity index (χ4v) is 2.03. The van der Waals surface area contributed by atoms with Crippen molar-refractivity contribution in [3.05, 3.63) is 18.2 Å². The Bertz CT molecular complexity index is 477. The largest absolute Gasteiger partial charge is 0.504 e. The van der Waals surface area contributed by atoms with E-state index < -0.39 is 37.3 Å². The highest BCUT2D eigenvalue weighted by Gasteiger charge is 2.44. The van der Waals surface area contributed by atoms with Crippen LogP contribution in [0.3, 0.4) is 0 Å². The molecule has 1 fully saturated rings. The van der Waals surface area contributed by atoms with Crippen molar-refractivity contribution < 1.29 is 39.7 Å². The molecule has 0 bridgehead atoms. The first-order valence-corrected chi connectivity index (χ1v) is 6.32. The Hall–Kier alpha value is -1.58. The van der Waals surface area contributed by atoms with Gasteiger partial charge in [0.05, 0.1) is 13.7 Å². The van der Waals surface area contributed by atoms with Crippen LogP contribution in [0.2, 0.25) is 0 Å². The fourth-order valence-electron chi connectivity index (χ4n) is 2.03. The van der Waals surface area contributed by atoms with Gasteiger partial charge in [0.1, 0.15) is 30.2 Å². The van der Waals surface area contributed by atoms with E-state index in [9.17, 15) is 20.4 Å². The maximum absolute atomic E-state index is 9.84. The summed E-state index contributed by atoms with van der Waals surface area (Å²) in [4.78, 5) is 0. The van der Waals surface area contributed by atoms with E-state index >= 15 is 0 Å². The Morgan fingerprint density at radius 3 is 2.48 bits per heavy atom. The predicted octanol–water partition coefficient (Wildman–Crippen LogP) is -1.42. The zero-order valence-corrected chi connectivity index (χ0v) is 11.3. The second-order valence-electron chi connectivity index (χ2n) is 4.65. The van der Waals surface area contributed by atoms with Gasteiger partial charge in [-0.2, -0.15) is 0 Å². The molecule has 0 amide bonds. The van der Waals surface area contributed by atoms with Gasteiger partial charge in [-0.05, 0) is 12.1 Å². The third-order valence-corrected chi connectivity index (χ3v) is 3.25. The lowest BCUT2D eigenvalue weighted by Gasteiger charge is -2.39. The van der Waals surface area contributed by atoms with E-state index in [1.165, 1.54) is 25.3 Å². The van der Waals surface area contributed by atoms with Crippen LogP contribution in [0.15, 0.2) is 18.2 Å². The molecule has 0 saturated carbocycles. The van der Waals surface area contributed by atoms with Crippen LogP contribution >= 0.6 is 0 Å². The van der Waals surface area contributed by atoms with Crippen molar-refractivity contribution in [3.63, 3.8) is 0 Å². The van der Waals surface area contributed by atoms with Gasteiger partial charge < -0.3 is 39.7 Å². The molecule has 0 aromatic heterocycles. The van der Waals surface area contributed by atoms with Gasteiger partial charge in [0, 0.05) is 6.07 Å². The number of aliphatic hydroxyl groups is 4. The van der Waals surface area contributed by atoms with Crippen LogP contribution in [0.1, 0.15) is 0 Å². The Labute approximate surface area is 120 Å². The minimum Gasteiger partial charge on any atom is -0.504 e. The third-order valence-electron chi connectivity index (χ3n) is 3.25. The first kappa shape index (κ1) is 15.8. The second kappa shape index (κ2) is 6.46. The number of aliphatic hydroxyl groups excluding tert-OH is 4. The number of methoxy groups -OCH3 is 1. The molecule has 1 heterocycles. The van der Waals surface area contributed by atoms with Crippen LogP contribution in [-0.4, -0.2) is 70.0 Å². The number of ether oxygens (including phenoxy) is 3. The molecule has 1 saturated heterocycles. The zero-order chi connectivity index (χ0) is 15.6. The molecule has 5 atom stereocenters. The highest BCUT2D eigenvalue weighted by Crippen LogP contribution is 2.31. The average Bonchev–Trinajstić information content (AvgIpc) is 2.49. The molecule has 1 aromatic carbocycles. The van der Waals surface area contributed by atoms with Crippen molar-refractivity contribution in [1.82, 2.24) is 0 Å². The molecular formula is C13H18O8. The normalized spacial score (nSPS) is 32.7. The number of hydrogen-bond donors (Lipinski definition) is 5. The number of phenols is 1. The molecule has 0 aliphatic carbocycles. The second-order valence-corrected chi connectivity index (χ2v) is 4.65. The highest BCUT2D eigenvalue weighted by atomic mass is 16.7. The zero-order valence-electron chi connectivity index (χ0n) is 11.3. The lowest BCUT2D eigenvalue weighted by Crippen LogP contribution is -2.60. The van der Waals surface area contributed by atoms with Gasteiger partial charge in [-0.15, -0.1) is 0 Å². The average molecular weight is 302 g/mol. The molecule has 0 unspecified atom stereocenters. The molecule has 2 rings (SSSR count). The summed E-state index contributed by atoms with van der Waals surface area (Å²) < 4.78 is 15.5. The van der Waals surface area contributed by atoms with E-state index in [4.69, 9.17) is 19.3 Å². The number of phenolic OH excluding ortho intramolecular Hbond substituents is 1. The first-order valence-electron chi connectivity index (χ1n) is 6.32.